The number of nitrogens with one attached hydrogen (secondary N) is 2. The molecule has 2 N–H and O–H groups in total. The van der Waals surface area contributed by atoms with Crippen LogP contribution in [0.1, 0.15) is 11.6 Å². The van der Waals surface area contributed by atoms with Crippen LogP contribution in [-0.2, 0) is 0 Å². The fourth-order valence-corrected chi connectivity index (χ4v) is 1.77. The van der Waals surface area contributed by atoms with Crippen LogP contribution in [0.2, 0.25) is 0 Å². The molecule has 0 saturated heterocycles. The van der Waals surface area contributed by atoms with Gasteiger partial charge in [-0.3, -0.25) is 4.98 Å². The van der Waals surface area contributed by atoms with E-state index in [1.54, 1.807) is 20.3 Å². The molecule has 1 aromatic heterocycles. The van der Waals surface area contributed by atoms with Crippen LogP contribution in [0.4, 0.5) is 0 Å². The van der Waals surface area contributed by atoms with Gasteiger partial charge in [0.05, 0.1) is 15.7 Å². The van der Waals surface area contributed by atoms with Gasteiger partial charge in [0.2, 0.25) is 0 Å². The summed E-state index contributed by atoms with van der Waals surface area (Å²) in [7, 11) is 3.58. The van der Waals surface area contributed by atoms with Gasteiger partial charge in [-0.1, -0.05) is 30.5 Å². The van der Waals surface area contributed by atoms with Crippen LogP contribution in [0.5, 0.6) is 0 Å². The predicted molar refractivity (Wildman–Crippen MR) is 70.3 cm³/mol. The Morgan fingerprint density at radius 2 is 1.80 bits per heavy atom. The number of nitrogens with zero attached hydrogens (tertiary/aromatic N) is 1. The Kier molecular flexibility index (Phi) is 4.58. The lowest BCUT2D eigenvalue weighted by atomic mass is 10.0. The van der Waals surface area contributed by atoms with Crippen LogP contribution in [0.15, 0.2) is 24.4 Å². The predicted octanol–water partition coefficient (Wildman–Crippen LogP) is 1.26. The van der Waals surface area contributed by atoms with E-state index in [1.807, 2.05) is 18.2 Å². The van der Waals surface area contributed by atoms with Crippen molar-refractivity contribution in [3.63, 3.8) is 0 Å². The molecule has 0 aliphatic rings. The summed E-state index contributed by atoms with van der Waals surface area (Å²) in [5.74, 6) is -0.147. The van der Waals surface area contributed by atoms with Crippen LogP contribution in [-0.4, -0.2) is 29.1 Å². The molecular weight excluding hydrogens is 226 g/mol. The summed E-state index contributed by atoms with van der Waals surface area (Å²) in [5.41, 5.74) is 0.858. The number of aromatic nitrogens is 1. The largest absolute Gasteiger partial charge is 0.382 e. The monoisotopic (exact) mass is 239 g/mol. The summed E-state index contributed by atoms with van der Waals surface area (Å²) in [6, 6.07) is 5.70. The quantitative estimate of drug-likeness (QED) is 0.777. The van der Waals surface area contributed by atoms with Gasteiger partial charge in [-0.2, -0.15) is 0 Å². The summed E-state index contributed by atoms with van der Waals surface area (Å²) in [4.78, 5) is 5.61. The number of thiocarbonyl (C=S) groups is 2. The molecule has 0 aliphatic carbocycles. The maximum atomic E-state index is 5.22. The third-order valence-electron chi connectivity index (χ3n) is 2.00. The molecule has 0 amide bonds. The summed E-state index contributed by atoms with van der Waals surface area (Å²) in [5, 5.41) is 5.89. The van der Waals surface area contributed by atoms with Crippen molar-refractivity contribution in [3.8, 4) is 0 Å². The van der Waals surface area contributed by atoms with Gasteiger partial charge in [-0.25, -0.2) is 0 Å². The van der Waals surface area contributed by atoms with Gasteiger partial charge in [0.25, 0.3) is 0 Å². The van der Waals surface area contributed by atoms with Crippen molar-refractivity contribution in [2.45, 2.75) is 5.92 Å². The Hall–Kier alpha value is -1.07. The van der Waals surface area contributed by atoms with Crippen LogP contribution in [0.25, 0.3) is 0 Å². The van der Waals surface area contributed by atoms with Crippen molar-refractivity contribution < 1.29 is 0 Å². The maximum absolute atomic E-state index is 5.22. The molecule has 1 heterocycles. The number of pyridine rings is 1. The molecule has 0 aromatic carbocycles. The lowest BCUT2D eigenvalue weighted by Gasteiger charge is -2.17. The molecule has 80 valence electrons. The minimum absolute atomic E-state index is 0.147. The summed E-state index contributed by atoms with van der Waals surface area (Å²) in [6.45, 7) is 0. The Morgan fingerprint density at radius 3 is 2.20 bits per heavy atom. The topological polar surface area (TPSA) is 37.0 Å². The van der Waals surface area contributed by atoms with Gasteiger partial charge >= 0.3 is 0 Å². The fourth-order valence-electron chi connectivity index (χ4n) is 1.22. The second-order valence-electron chi connectivity index (χ2n) is 2.92. The van der Waals surface area contributed by atoms with E-state index in [2.05, 4.69) is 15.6 Å². The first-order chi connectivity index (χ1) is 7.20. The van der Waals surface area contributed by atoms with E-state index in [-0.39, 0.29) is 5.92 Å². The van der Waals surface area contributed by atoms with Crippen LogP contribution in [0.3, 0.4) is 0 Å². The highest BCUT2D eigenvalue weighted by molar-refractivity contribution is 7.82. The van der Waals surface area contributed by atoms with Crippen LogP contribution < -0.4 is 10.6 Å². The highest BCUT2D eigenvalue weighted by Crippen LogP contribution is 2.15. The number of rotatable bonds is 3. The third-order valence-corrected chi connectivity index (χ3v) is 2.88. The summed E-state index contributed by atoms with van der Waals surface area (Å²) in [6.07, 6.45) is 1.74. The van der Waals surface area contributed by atoms with Gasteiger partial charge in [-0.15, -0.1) is 0 Å². The Morgan fingerprint density at radius 1 is 1.20 bits per heavy atom. The first kappa shape index (κ1) is 12.0. The minimum atomic E-state index is -0.147. The molecule has 0 spiro atoms. The zero-order valence-corrected chi connectivity index (χ0v) is 10.3. The molecule has 15 heavy (non-hydrogen) atoms. The zero-order valence-electron chi connectivity index (χ0n) is 8.65. The van der Waals surface area contributed by atoms with Crippen molar-refractivity contribution in [3.05, 3.63) is 30.1 Å². The first-order valence-corrected chi connectivity index (χ1v) is 5.36. The average molecular weight is 239 g/mol. The molecule has 3 nitrogen and oxygen atoms in total. The summed E-state index contributed by atoms with van der Waals surface area (Å²) >= 11 is 10.4. The van der Waals surface area contributed by atoms with Crippen molar-refractivity contribution >= 4 is 34.4 Å². The lowest BCUT2D eigenvalue weighted by Crippen LogP contribution is -2.35. The SMILES string of the molecule is CNC(=S)C(C(=S)NC)c1ccccn1. The number of likely N-dealkylation sites (N-methyl/N-ethyl adjacent to an activating group) is 2. The molecule has 0 bridgehead atoms. The molecule has 0 saturated carbocycles. The van der Waals surface area contributed by atoms with E-state index in [4.69, 9.17) is 24.4 Å². The van der Waals surface area contributed by atoms with Gasteiger partial charge in [0.1, 0.15) is 5.92 Å². The lowest BCUT2D eigenvalue weighted by molar-refractivity contribution is 0.995. The molecule has 1 rings (SSSR count). The molecule has 0 atom stereocenters. The van der Waals surface area contributed by atoms with Gasteiger partial charge in [-0.05, 0) is 12.1 Å². The van der Waals surface area contributed by atoms with E-state index < -0.39 is 0 Å². The molecule has 0 fully saturated rings. The smallest absolute Gasteiger partial charge is 0.102 e. The standard InChI is InChI=1S/C10H13N3S2/c1-11-9(14)8(10(15)12-2)7-5-3-4-6-13-7/h3-6,8H,1-2H3,(H,11,14)(H,12,15). The van der Waals surface area contributed by atoms with Gasteiger partial charge in [0, 0.05) is 20.3 Å². The maximum Gasteiger partial charge on any atom is 0.102 e. The van der Waals surface area contributed by atoms with E-state index in [0.717, 1.165) is 5.69 Å². The molecule has 0 radical (unpaired) electrons. The summed E-state index contributed by atoms with van der Waals surface area (Å²) < 4.78 is 0. The normalized spacial score (nSPS) is 9.80. The van der Waals surface area contributed by atoms with E-state index in [1.165, 1.54) is 0 Å². The molecular formula is C10H13N3S2. The first-order valence-electron chi connectivity index (χ1n) is 4.54. The van der Waals surface area contributed by atoms with Crippen LogP contribution >= 0.6 is 24.4 Å². The third kappa shape index (κ3) is 2.94. The number of hydrogen-bond acceptors (Lipinski definition) is 3. The second kappa shape index (κ2) is 5.72. The highest BCUT2D eigenvalue weighted by Gasteiger charge is 2.21. The van der Waals surface area contributed by atoms with Crippen molar-refractivity contribution in [2.75, 3.05) is 14.1 Å². The van der Waals surface area contributed by atoms with E-state index in [0.29, 0.717) is 9.98 Å². The van der Waals surface area contributed by atoms with Crippen molar-refractivity contribution in [1.29, 1.82) is 0 Å². The van der Waals surface area contributed by atoms with Gasteiger partial charge in [0.15, 0.2) is 0 Å². The van der Waals surface area contributed by atoms with Crippen molar-refractivity contribution in [1.82, 2.24) is 15.6 Å². The molecule has 1 aromatic rings. The van der Waals surface area contributed by atoms with Gasteiger partial charge < -0.3 is 10.6 Å². The zero-order chi connectivity index (χ0) is 11.3. The Balaban J connectivity index is 3.02. The highest BCUT2D eigenvalue weighted by atomic mass is 32.1. The average Bonchev–Trinajstić information content (AvgIpc) is 2.30. The molecule has 5 heteroatoms. The molecule has 0 aliphatic heterocycles. The number of hydrogen-bond donors (Lipinski definition) is 2. The van der Waals surface area contributed by atoms with E-state index in [9.17, 15) is 0 Å². The second-order valence-corrected chi connectivity index (χ2v) is 3.80. The molecule has 0 unspecified atom stereocenters. The Labute approximate surface area is 100 Å². The fraction of sp³-hybridized carbons (Fsp3) is 0.300. The Bertz CT molecular complexity index is 335. The van der Waals surface area contributed by atoms with Crippen molar-refractivity contribution in [2.24, 2.45) is 0 Å². The van der Waals surface area contributed by atoms with E-state index >= 15 is 0 Å². The minimum Gasteiger partial charge on any atom is -0.382 e. The van der Waals surface area contributed by atoms with Crippen LogP contribution in [0, 0.1) is 0 Å².